The molecule has 0 saturated carbocycles. The predicted octanol–water partition coefficient (Wildman–Crippen LogP) is 3.77. The molecule has 30 heavy (non-hydrogen) atoms. The Kier molecular flexibility index (Phi) is 4.29. The zero-order valence-corrected chi connectivity index (χ0v) is 16.1. The van der Waals surface area contributed by atoms with Crippen molar-refractivity contribution in [3.63, 3.8) is 0 Å². The number of amides is 1. The number of carbonyl (C=O) groups excluding carboxylic acids is 1. The van der Waals surface area contributed by atoms with E-state index in [9.17, 15) is 4.79 Å². The molecule has 2 aromatic heterocycles. The summed E-state index contributed by atoms with van der Waals surface area (Å²) in [7, 11) is 0. The standard InChI is InChI=1S/C22H17N7O/c1-14-12-16(8-11-20(14)29-13-23-27-28-29)22(30)24-17-9-6-15(7-10-17)21-25-18-4-2-3-5-19(18)26-21/h2-13H,1H3,(H,24,30)(H,25,26). The number of tetrazole rings is 1. The zero-order valence-electron chi connectivity index (χ0n) is 16.1. The highest BCUT2D eigenvalue weighted by Crippen LogP contribution is 2.22. The van der Waals surface area contributed by atoms with Crippen molar-refractivity contribution < 1.29 is 4.79 Å². The number of H-pyrrole nitrogens is 1. The van der Waals surface area contributed by atoms with Crippen LogP contribution in [-0.4, -0.2) is 36.1 Å². The number of hydrogen-bond donors (Lipinski definition) is 2. The summed E-state index contributed by atoms with van der Waals surface area (Å²) >= 11 is 0. The summed E-state index contributed by atoms with van der Waals surface area (Å²) in [5, 5.41) is 14.1. The molecule has 146 valence electrons. The lowest BCUT2D eigenvalue weighted by molar-refractivity contribution is 0.102. The normalized spacial score (nSPS) is 11.0. The molecule has 2 N–H and O–H groups in total. The number of rotatable bonds is 4. The largest absolute Gasteiger partial charge is 0.338 e. The molecule has 8 heteroatoms. The Hall–Kier alpha value is -4.33. The number of nitrogens with one attached hydrogen (secondary N) is 2. The molecule has 5 rings (SSSR count). The van der Waals surface area contributed by atoms with E-state index in [0.29, 0.717) is 11.3 Å². The number of para-hydroxylation sites is 2. The van der Waals surface area contributed by atoms with Gasteiger partial charge >= 0.3 is 0 Å². The molecule has 0 fully saturated rings. The molecule has 0 spiro atoms. The molecule has 0 aliphatic rings. The Morgan fingerprint density at radius 2 is 1.87 bits per heavy atom. The van der Waals surface area contributed by atoms with Crippen molar-refractivity contribution in [1.29, 1.82) is 0 Å². The lowest BCUT2D eigenvalue weighted by Crippen LogP contribution is -2.12. The highest BCUT2D eigenvalue weighted by molar-refractivity contribution is 6.04. The molecule has 5 aromatic rings. The average molecular weight is 395 g/mol. The van der Waals surface area contributed by atoms with Crippen LogP contribution in [0.1, 0.15) is 15.9 Å². The van der Waals surface area contributed by atoms with Gasteiger partial charge in [0.05, 0.1) is 16.7 Å². The fraction of sp³-hybridized carbons (Fsp3) is 0.0455. The van der Waals surface area contributed by atoms with Gasteiger partial charge in [0.15, 0.2) is 0 Å². The predicted molar refractivity (Wildman–Crippen MR) is 113 cm³/mol. The van der Waals surface area contributed by atoms with Crippen molar-refractivity contribution >= 4 is 22.6 Å². The fourth-order valence-electron chi connectivity index (χ4n) is 3.33. The third kappa shape index (κ3) is 3.30. The van der Waals surface area contributed by atoms with Gasteiger partial charge in [-0.3, -0.25) is 4.79 Å². The molecule has 0 aliphatic carbocycles. The van der Waals surface area contributed by atoms with Crippen molar-refractivity contribution in [3.8, 4) is 17.1 Å². The van der Waals surface area contributed by atoms with Crippen molar-refractivity contribution in [2.75, 3.05) is 5.32 Å². The molecule has 0 aliphatic heterocycles. The number of aromatic amines is 1. The van der Waals surface area contributed by atoms with Gasteiger partial charge in [-0.25, -0.2) is 9.67 Å². The molecule has 1 amide bonds. The third-order valence-corrected chi connectivity index (χ3v) is 4.86. The summed E-state index contributed by atoms with van der Waals surface area (Å²) < 4.78 is 1.56. The van der Waals surface area contributed by atoms with E-state index in [2.05, 4.69) is 30.8 Å². The van der Waals surface area contributed by atoms with Crippen LogP contribution in [0.5, 0.6) is 0 Å². The van der Waals surface area contributed by atoms with E-state index in [1.807, 2.05) is 67.6 Å². The second-order valence-electron chi connectivity index (χ2n) is 6.89. The van der Waals surface area contributed by atoms with Gasteiger partial charge in [0, 0.05) is 16.8 Å². The van der Waals surface area contributed by atoms with Crippen LogP contribution < -0.4 is 5.32 Å². The highest BCUT2D eigenvalue weighted by atomic mass is 16.1. The van der Waals surface area contributed by atoms with E-state index in [1.54, 1.807) is 10.7 Å². The van der Waals surface area contributed by atoms with Gasteiger partial charge in [-0.05, 0) is 77.5 Å². The average Bonchev–Trinajstić information content (AvgIpc) is 3.44. The number of benzene rings is 3. The lowest BCUT2D eigenvalue weighted by Gasteiger charge is -2.09. The molecule has 0 atom stereocenters. The van der Waals surface area contributed by atoms with E-state index in [0.717, 1.165) is 33.7 Å². The topological polar surface area (TPSA) is 101 Å². The summed E-state index contributed by atoms with van der Waals surface area (Å²) in [5.41, 5.74) is 5.86. The highest BCUT2D eigenvalue weighted by Gasteiger charge is 2.11. The number of fused-ring (bicyclic) bond motifs is 1. The van der Waals surface area contributed by atoms with Gasteiger partial charge in [-0.1, -0.05) is 12.1 Å². The van der Waals surface area contributed by atoms with Crippen LogP contribution in [0.2, 0.25) is 0 Å². The van der Waals surface area contributed by atoms with E-state index < -0.39 is 0 Å². The minimum atomic E-state index is -0.183. The number of aromatic nitrogens is 6. The van der Waals surface area contributed by atoms with E-state index in [-0.39, 0.29) is 5.91 Å². The van der Waals surface area contributed by atoms with Gasteiger partial charge in [-0.15, -0.1) is 5.10 Å². The Labute approximate surface area is 171 Å². The van der Waals surface area contributed by atoms with E-state index >= 15 is 0 Å². The van der Waals surface area contributed by atoms with Gasteiger partial charge in [0.2, 0.25) is 0 Å². The minimum Gasteiger partial charge on any atom is -0.338 e. The van der Waals surface area contributed by atoms with Crippen molar-refractivity contribution in [1.82, 2.24) is 30.2 Å². The Bertz CT molecular complexity index is 1300. The van der Waals surface area contributed by atoms with Crippen molar-refractivity contribution in [3.05, 3.63) is 84.2 Å². The zero-order chi connectivity index (χ0) is 20.5. The summed E-state index contributed by atoms with van der Waals surface area (Å²) in [4.78, 5) is 20.6. The Morgan fingerprint density at radius 1 is 1.03 bits per heavy atom. The smallest absolute Gasteiger partial charge is 0.255 e. The third-order valence-electron chi connectivity index (χ3n) is 4.86. The second-order valence-corrected chi connectivity index (χ2v) is 6.89. The molecule has 8 nitrogen and oxygen atoms in total. The minimum absolute atomic E-state index is 0.183. The molecule has 3 aromatic carbocycles. The molecule has 0 radical (unpaired) electrons. The monoisotopic (exact) mass is 395 g/mol. The first-order valence-corrected chi connectivity index (χ1v) is 9.38. The van der Waals surface area contributed by atoms with Gasteiger partial charge in [-0.2, -0.15) is 0 Å². The van der Waals surface area contributed by atoms with Crippen LogP contribution >= 0.6 is 0 Å². The first-order valence-electron chi connectivity index (χ1n) is 9.38. The lowest BCUT2D eigenvalue weighted by atomic mass is 10.1. The molecule has 0 bridgehead atoms. The Morgan fingerprint density at radius 3 is 2.60 bits per heavy atom. The second kappa shape index (κ2) is 7.25. The van der Waals surface area contributed by atoms with Crippen molar-refractivity contribution in [2.24, 2.45) is 0 Å². The number of hydrogen-bond acceptors (Lipinski definition) is 5. The number of imidazole rings is 1. The number of nitrogens with zero attached hydrogens (tertiary/aromatic N) is 5. The molecular formula is C22H17N7O. The molecule has 0 saturated heterocycles. The molecule has 0 unspecified atom stereocenters. The maximum atomic E-state index is 12.7. The summed E-state index contributed by atoms with van der Waals surface area (Å²) in [6.07, 6.45) is 1.52. The number of aryl methyl sites for hydroxylation is 1. The quantitative estimate of drug-likeness (QED) is 0.482. The SMILES string of the molecule is Cc1cc(C(=O)Nc2ccc(-c3nc4ccccc4[nH]3)cc2)ccc1-n1cnnn1. The van der Waals surface area contributed by atoms with E-state index in [4.69, 9.17) is 0 Å². The summed E-state index contributed by atoms with van der Waals surface area (Å²) in [6.45, 7) is 1.91. The van der Waals surface area contributed by atoms with Gasteiger partial charge in [0.1, 0.15) is 12.2 Å². The fourth-order valence-corrected chi connectivity index (χ4v) is 3.33. The number of carbonyl (C=O) groups is 1. The first-order chi connectivity index (χ1) is 14.7. The molecular weight excluding hydrogens is 378 g/mol. The summed E-state index contributed by atoms with van der Waals surface area (Å²) in [5.74, 6) is 0.612. The van der Waals surface area contributed by atoms with Crippen LogP contribution in [-0.2, 0) is 0 Å². The van der Waals surface area contributed by atoms with Crippen LogP contribution in [0.25, 0.3) is 28.1 Å². The van der Waals surface area contributed by atoms with Crippen molar-refractivity contribution in [2.45, 2.75) is 6.92 Å². The van der Waals surface area contributed by atoms with Crippen LogP contribution in [0.3, 0.4) is 0 Å². The van der Waals surface area contributed by atoms with Gasteiger partial charge < -0.3 is 10.3 Å². The maximum absolute atomic E-state index is 12.7. The first kappa shape index (κ1) is 17.7. The number of anilines is 1. The van der Waals surface area contributed by atoms with E-state index in [1.165, 1.54) is 6.33 Å². The maximum Gasteiger partial charge on any atom is 0.255 e. The van der Waals surface area contributed by atoms with Crippen LogP contribution in [0.15, 0.2) is 73.1 Å². The van der Waals surface area contributed by atoms with Gasteiger partial charge in [0.25, 0.3) is 5.91 Å². The summed E-state index contributed by atoms with van der Waals surface area (Å²) in [6, 6.07) is 20.9. The molecule has 2 heterocycles. The van der Waals surface area contributed by atoms with Crippen LogP contribution in [0.4, 0.5) is 5.69 Å². The Balaban J connectivity index is 1.33. The van der Waals surface area contributed by atoms with Crippen LogP contribution in [0, 0.1) is 6.92 Å².